The quantitative estimate of drug-likeness (QED) is 0.804. The van der Waals surface area contributed by atoms with E-state index in [4.69, 9.17) is 0 Å². The van der Waals surface area contributed by atoms with Crippen molar-refractivity contribution in [2.45, 2.75) is 19.5 Å². The summed E-state index contributed by atoms with van der Waals surface area (Å²) < 4.78 is 12.2. The summed E-state index contributed by atoms with van der Waals surface area (Å²) in [6, 6.07) is 0. The maximum absolute atomic E-state index is 12.2. The van der Waals surface area contributed by atoms with E-state index >= 15 is 0 Å². The van der Waals surface area contributed by atoms with Crippen molar-refractivity contribution in [2.75, 3.05) is 13.1 Å². The van der Waals surface area contributed by atoms with Gasteiger partial charge in [0.25, 0.3) is 0 Å². The molecule has 0 aliphatic carbocycles. The molecule has 1 N–H and O–H groups in total. The Morgan fingerprint density at radius 1 is 1.69 bits per heavy atom. The molecule has 4 heteroatoms. The Hall–Kier alpha value is -0.480. The van der Waals surface area contributed by atoms with Gasteiger partial charge in [0.2, 0.25) is 0 Å². The zero-order valence-corrected chi connectivity index (χ0v) is 8.24. The third-order valence-electron chi connectivity index (χ3n) is 2.36. The first-order valence-corrected chi connectivity index (χ1v) is 5.46. The second kappa shape index (κ2) is 4.15. The van der Waals surface area contributed by atoms with Crippen molar-refractivity contribution >= 4 is 11.3 Å². The highest BCUT2D eigenvalue weighted by Crippen LogP contribution is 2.18. The van der Waals surface area contributed by atoms with E-state index in [2.05, 4.69) is 10.3 Å². The van der Waals surface area contributed by atoms with Gasteiger partial charge in [0.05, 0.1) is 10.7 Å². The van der Waals surface area contributed by atoms with Crippen LogP contribution < -0.4 is 5.32 Å². The third kappa shape index (κ3) is 2.25. The number of nitrogens with one attached hydrogen (secondary N) is 1. The molecule has 1 aromatic rings. The van der Waals surface area contributed by atoms with Gasteiger partial charge < -0.3 is 5.32 Å². The van der Waals surface area contributed by atoms with E-state index in [9.17, 15) is 4.39 Å². The molecule has 72 valence electrons. The Bertz CT molecular complexity index is 268. The Morgan fingerprint density at radius 2 is 2.62 bits per heavy atom. The molecular weight excluding hydrogens is 187 g/mol. The fourth-order valence-corrected chi connectivity index (χ4v) is 2.53. The summed E-state index contributed by atoms with van der Waals surface area (Å²) in [5, 5.41) is 6.22. The van der Waals surface area contributed by atoms with Gasteiger partial charge in [-0.15, -0.1) is 11.3 Å². The molecule has 13 heavy (non-hydrogen) atoms. The summed E-state index contributed by atoms with van der Waals surface area (Å²) >= 11 is 1.58. The molecule has 0 bridgehead atoms. The van der Waals surface area contributed by atoms with Crippen LogP contribution in [-0.4, -0.2) is 18.1 Å². The minimum atomic E-state index is -0.431. The lowest BCUT2D eigenvalue weighted by molar-refractivity contribution is 0.476. The lowest BCUT2D eigenvalue weighted by Crippen LogP contribution is -2.10. The summed E-state index contributed by atoms with van der Waals surface area (Å²) in [6.07, 6.45) is 2.24. The molecule has 0 radical (unpaired) electrons. The molecule has 0 spiro atoms. The van der Waals surface area contributed by atoms with Gasteiger partial charge in [-0.2, -0.15) is 0 Å². The van der Waals surface area contributed by atoms with Crippen LogP contribution in [0.3, 0.4) is 0 Å². The highest BCUT2D eigenvalue weighted by molar-refractivity contribution is 7.09. The average molecular weight is 200 g/mol. The van der Waals surface area contributed by atoms with Crippen molar-refractivity contribution in [3.63, 3.8) is 0 Å². The van der Waals surface area contributed by atoms with Gasteiger partial charge in [0.1, 0.15) is 6.67 Å². The van der Waals surface area contributed by atoms with Gasteiger partial charge in [0, 0.05) is 11.8 Å². The Morgan fingerprint density at radius 3 is 3.23 bits per heavy atom. The number of nitrogens with zero attached hydrogens (tertiary/aromatic N) is 1. The lowest BCUT2D eigenvalue weighted by Gasteiger charge is -2.03. The molecule has 2 nitrogen and oxygen atoms in total. The minimum Gasteiger partial charge on any atom is -0.316 e. The Balaban J connectivity index is 1.92. The SMILES string of the molecule is FCc1csc(CC2CCNC2)n1. The molecule has 2 rings (SSSR count). The van der Waals surface area contributed by atoms with Gasteiger partial charge >= 0.3 is 0 Å². The largest absolute Gasteiger partial charge is 0.316 e. The lowest BCUT2D eigenvalue weighted by atomic mass is 10.1. The number of hydrogen-bond donors (Lipinski definition) is 1. The number of thiazole rings is 1. The van der Waals surface area contributed by atoms with Crippen LogP contribution in [0.15, 0.2) is 5.38 Å². The van der Waals surface area contributed by atoms with E-state index in [-0.39, 0.29) is 0 Å². The maximum atomic E-state index is 12.2. The van der Waals surface area contributed by atoms with Crippen LogP contribution in [0.5, 0.6) is 0 Å². The first-order chi connectivity index (χ1) is 6.38. The first kappa shape index (κ1) is 9.09. The standard InChI is InChI=1S/C9H13FN2S/c10-4-8-6-13-9(12-8)3-7-1-2-11-5-7/h6-7,11H,1-5H2. The maximum Gasteiger partial charge on any atom is 0.132 e. The normalized spacial score (nSPS) is 22.4. The van der Waals surface area contributed by atoms with Crippen LogP contribution in [0.1, 0.15) is 17.1 Å². The Labute approximate surface area is 81.2 Å². The van der Waals surface area contributed by atoms with Gasteiger partial charge in [-0.1, -0.05) is 0 Å². The second-order valence-corrected chi connectivity index (χ2v) is 4.37. The van der Waals surface area contributed by atoms with Crippen molar-refractivity contribution in [2.24, 2.45) is 5.92 Å². The summed E-state index contributed by atoms with van der Waals surface area (Å²) in [4.78, 5) is 4.21. The molecule has 1 aromatic heterocycles. The van der Waals surface area contributed by atoms with Crippen LogP contribution in [0.25, 0.3) is 0 Å². The van der Waals surface area contributed by atoms with Crippen molar-refractivity contribution < 1.29 is 4.39 Å². The second-order valence-electron chi connectivity index (χ2n) is 3.43. The van der Waals surface area contributed by atoms with E-state index in [1.807, 2.05) is 5.38 Å². The number of halogens is 1. The molecular formula is C9H13FN2S. The van der Waals surface area contributed by atoms with Crippen molar-refractivity contribution in [1.29, 1.82) is 0 Å². The molecule has 1 unspecified atom stereocenters. The van der Waals surface area contributed by atoms with Gasteiger partial charge in [-0.3, -0.25) is 0 Å². The van der Waals surface area contributed by atoms with Crippen molar-refractivity contribution in [1.82, 2.24) is 10.3 Å². The molecule has 0 amide bonds. The number of hydrogen-bond acceptors (Lipinski definition) is 3. The molecule has 1 aliphatic heterocycles. The highest BCUT2D eigenvalue weighted by atomic mass is 32.1. The molecule has 1 fully saturated rings. The third-order valence-corrected chi connectivity index (χ3v) is 3.28. The number of rotatable bonds is 3. The first-order valence-electron chi connectivity index (χ1n) is 4.58. The summed E-state index contributed by atoms with van der Waals surface area (Å²) in [6.45, 7) is 1.77. The van der Waals surface area contributed by atoms with E-state index in [1.54, 1.807) is 11.3 Å². The highest BCUT2D eigenvalue weighted by Gasteiger charge is 2.16. The van der Waals surface area contributed by atoms with E-state index < -0.39 is 6.67 Å². The summed E-state index contributed by atoms with van der Waals surface area (Å²) in [5.74, 6) is 0.707. The minimum absolute atomic E-state index is 0.431. The predicted octanol–water partition coefficient (Wildman–Crippen LogP) is 1.76. The average Bonchev–Trinajstić information content (AvgIpc) is 2.76. The van der Waals surface area contributed by atoms with E-state index in [0.717, 1.165) is 24.5 Å². The van der Waals surface area contributed by atoms with Gasteiger partial charge in [-0.25, -0.2) is 9.37 Å². The molecule has 1 aliphatic rings. The fraction of sp³-hybridized carbons (Fsp3) is 0.667. The summed E-state index contributed by atoms with van der Waals surface area (Å²) in [5.41, 5.74) is 0.589. The summed E-state index contributed by atoms with van der Waals surface area (Å²) in [7, 11) is 0. The number of aromatic nitrogens is 1. The zero-order valence-electron chi connectivity index (χ0n) is 7.42. The van der Waals surface area contributed by atoms with Crippen LogP contribution >= 0.6 is 11.3 Å². The molecule has 1 atom stereocenters. The van der Waals surface area contributed by atoms with Crippen molar-refractivity contribution in [3.8, 4) is 0 Å². The fourth-order valence-electron chi connectivity index (χ4n) is 1.64. The molecule has 0 saturated carbocycles. The predicted molar refractivity (Wildman–Crippen MR) is 51.6 cm³/mol. The van der Waals surface area contributed by atoms with E-state index in [0.29, 0.717) is 11.6 Å². The Kier molecular flexibility index (Phi) is 2.90. The van der Waals surface area contributed by atoms with Crippen molar-refractivity contribution in [3.05, 3.63) is 16.1 Å². The van der Waals surface area contributed by atoms with Gasteiger partial charge in [0.15, 0.2) is 0 Å². The molecule has 2 heterocycles. The van der Waals surface area contributed by atoms with E-state index in [1.165, 1.54) is 6.42 Å². The monoisotopic (exact) mass is 200 g/mol. The topological polar surface area (TPSA) is 24.9 Å². The van der Waals surface area contributed by atoms with Crippen LogP contribution in [0.2, 0.25) is 0 Å². The van der Waals surface area contributed by atoms with Crippen LogP contribution in [0, 0.1) is 5.92 Å². The van der Waals surface area contributed by atoms with Gasteiger partial charge in [-0.05, 0) is 25.4 Å². The smallest absolute Gasteiger partial charge is 0.132 e. The molecule has 0 aromatic carbocycles. The van der Waals surface area contributed by atoms with Crippen LogP contribution in [0.4, 0.5) is 4.39 Å². The molecule has 1 saturated heterocycles. The number of alkyl halides is 1. The zero-order chi connectivity index (χ0) is 9.10. The van der Waals surface area contributed by atoms with Crippen LogP contribution in [-0.2, 0) is 13.1 Å².